The molecule has 0 bridgehead atoms. The van der Waals surface area contributed by atoms with Crippen molar-refractivity contribution in [2.24, 2.45) is 35.5 Å². The third-order valence-electron chi connectivity index (χ3n) is 9.40. The van der Waals surface area contributed by atoms with Crippen molar-refractivity contribution in [3.05, 3.63) is 0 Å². The van der Waals surface area contributed by atoms with Gasteiger partial charge in [-0.15, -0.1) is 0 Å². The van der Waals surface area contributed by atoms with E-state index in [2.05, 4.69) is 77.6 Å². The van der Waals surface area contributed by atoms with Gasteiger partial charge in [0.1, 0.15) is 0 Å². The van der Waals surface area contributed by atoms with Crippen molar-refractivity contribution in [1.29, 1.82) is 0 Å². The highest BCUT2D eigenvalue weighted by Gasteiger charge is 2.39. The van der Waals surface area contributed by atoms with Crippen LogP contribution < -0.4 is 0 Å². The molecule has 0 aromatic rings. The number of rotatable bonds is 10. The van der Waals surface area contributed by atoms with Crippen LogP contribution in [0.2, 0.25) is 0 Å². The largest absolute Gasteiger partial charge is 0.0875 e. The molecule has 4 atom stereocenters. The van der Waals surface area contributed by atoms with Gasteiger partial charge >= 0.3 is 0 Å². The van der Waals surface area contributed by atoms with Gasteiger partial charge in [-0.3, -0.25) is 0 Å². The highest BCUT2D eigenvalue weighted by molar-refractivity contribution is 9.12. The molecular weight excluding hydrogens is 656 g/mol. The van der Waals surface area contributed by atoms with Gasteiger partial charge in [0.25, 0.3) is 0 Å². The van der Waals surface area contributed by atoms with E-state index in [1.807, 2.05) is 0 Å². The summed E-state index contributed by atoms with van der Waals surface area (Å²) in [6, 6.07) is 0. The van der Waals surface area contributed by atoms with Crippen molar-refractivity contribution in [2.45, 2.75) is 136 Å². The minimum Gasteiger partial charge on any atom is -0.0875 e. The molecule has 0 N–H and O–H groups in total. The molecule has 3 rings (SSSR count). The van der Waals surface area contributed by atoms with Crippen molar-refractivity contribution in [3.8, 4) is 0 Å². The molecule has 4 unspecified atom stereocenters. The topological polar surface area (TPSA) is 0 Å². The number of halogens is 4. The Kier molecular flexibility index (Phi) is 13.0. The van der Waals surface area contributed by atoms with Crippen LogP contribution >= 0.6 is 63.7 Å². The van der Waals surface area contributed by atoms with Crippen molar-refractivity contribution in [1.82, 2.24) is 0 Å². The highest BCUT2D eigenvalue weighted by Crippen LogP contribution is 2.46. The third-order valence-corrected chi connectivity index (χ3v) is 16.1. The van der Waals surface area contributed by atoms with Crippen LogP contribution in [0.15, 0.2) is 0 Å². The van der Waals surface area contributed by atoms with E-state index in [1.54, 1.807) is 0 Å². The minimum absolute atomic E-state index is 0.651. The Hall–Kier alpha value is 1.92. The fraction of sp³-hybridized carbons (Fsp3) is 1.00. The average molecular weight is 704 g/mol. The Morgan fingerprint density at radius 1 is 0.438 bits per heavy atom. The van der Waals surface area contributed by atoms with Crippen molar-refractivity contribution < 1.29 is 0 Å². The first-order valence-corrected chi connectivity index (χ1v) is 17.7. The first-order valence-electron chi connectivity index (χ1n) is 14.0. The summed E-state index contributed by atoms with van der Waals surface area (Å²) < 4.78 is 0. The summed E-state index contributed by atoms with van der Waals surface area (Å²) in [6.07, 6.45) is 22.8. The monoisotopic (exact) mass is 700 g/mol. The fourth-order valence-corrected chi connectivity index (χ4v) is 11.1. The van der Waals surface area contributed by atoms with Gasteiger partial charge in [0.05, 0.1) is 0 Å². The molecule has 3 saturated carbocycles. The van der Waals surface area contributed by atoms with Gasteiger partial charge in [-0.1, -0.05) is 129 Å². The first-order chi connectivity index (χ1) is 15.4. The lowest BCUT2D eigenvalue weighted by Gasteiger charge is -2.41. The molecule has 0 heterocycles. The molecule has 188 valence electrons. The molecule has 0 nitrogen and oxygen atoms in total. The smallest absolute Gasteiger partial charge is 0.0302 e. The summed E-state index contributed by atoms with van der Waals surface area (Å²) in [5, 5.41) is 0. The number of hydrogen-bond donors (Lipinski definition) is 0. The van der Waals surface area contributed by atoms with Gasteiger partial charge in [-0.2, -0.15) is 0 Å². The van der Waals surface area contributed by atoms with E-state index >= 15 is 0 Å². The van der Waals surface area contributed by atoms with Gasteiger partial charge in [0.15, 0.2) is 0 Å². The van der Waals surface area contributed by atoms with Gasteiger partial charge in [-0.05, 0) is 86.9 Å². The van der Waals surface area contributed by atoms with Crippen molar-refractivity contribution in [2.75, 3.05) is 0 Å². The molecule has 3 aliphatic rings. The minimum atomic E-state index is 0.651. The van der Waals surface area contributed by atoms with Crippen LogP contribution in [-0.4, -0.2) is 19.3 Å². The van der Waals surface area contributed by atoms with Crippen LogP contribution in [0.25, 0.3) is 0 Å². The van der Waals surface area contributed by atoms with Crippen molar-refractivity contribution in [3.63, 3.8) is 0 Å². The fourth-order valence-electron chi connectivity index (χ4n) is 7.23. The Morgan fingerprint density at radius 2 is 0.656 bits per heavy atom. The molecule has 0 aromatic carbocycles. The molecule has 0 radical (unpaired) electrons. The maximum atomic E-state index is 4.19. The molecule has 0 aliphatic heterocycles. The molecule has 0 saturated heterocycles. The Balaban J connectivity index is 1.40. The Morgan fingerprint density at radius 3 is 0.875 bits per heavy atom. The summed E-state index contributed by atoms with van der Waals surface area (Å²) in [5.74, 6) is 5.47. The highest BCUT2D eigenvalue weighted by atomic mass is 79.9. The van der Waals surface area contributed by atoms with Crippen LogP contribution in [-0.2, 0) is 0 Å². The zero-order chi connectivity index (χ0) is 23.1. The van der Waals surface area contributed by atoms with Crippen LogP contribution in [0.4, 0.5) is 0 Å². The van der Waals surface area contributed by atoms with Gasteiger partial charge < -0.3 is 0 Å². The van der Waals surface area contributed by atoms with Crippen LogP contribution in [0.3, 0.4) is 0 Å². The van der Waals surface area contributed by atoms with E-state index in [9.17, 15) is 0 Å². The summed E-state index contributed by atoms with van der Waals surface area (Å²) >= 11 is 16.7. The van der Waals surface area contributed by atoms with E-state index in [4.69, 9.17) is 0 Å². The Bertz CT molecular complexity index is 456. The van der Waals surface area contributed by atoms with E-state index < -0.39 is 0 Å². The molecule has 4 heteroatoms. The maximum Gasteiger partial charge on any atom is 0.0302 e. The first kappa shape index (κ1) is 28.5. The van der Waals surface area contributed by atoms with E-state index in [-0.39, 0.29) is 0 Å². The zero-order valence-corrected chi connectivity index (χ0v) is 26.9. The summed E-state index contributed by atoms with van der Waals surface area (Å²) in [6.45, 7) is 4.69. The van der Waals surface area contributed by atoms with Crippen LogP contribution in [0.5, 0.6) is 0 Å². The predicted molar refractivity (Wildman–Crippen MR) is 157 cm³/mol. The molecule has 3 aliphatic carbocycles. The summed E-state index contributed by atoms with van der Waals surface area (Å²) in [4.78, 5) is 2.62. The van der Waals surface area contributed by atoms with Crippen molar-refractivity contribution >= 4 is 63.7 Å². The normalized spacial score (nSPS) is 38.1. The summed E-state index contributed by atoms with van der Waals surface area (Å²) in [5.41, 5.74) is 0. The Labute approximate surface area is 233 Å². The second kappa shape index (κ2) is 14.6. The van der Waals surface area contributed by atoms with Crippen LogP contribution in [0, 0.1) is 35.5 Å². The van der Waals surface area contributed by atoms with E-state index in [1.165, 1.54) is 103 Å². The second-order valence-electron chi connectivity index (χ2n) is 11.6. The van der Waals surface area contributed by atoms with E-state index in [0.29, 0.717) is 19.3 Å². The lowest BCUT2D eigenvalue weighted by atomic mass is 9.73. The molecular formula is C28H48Br4. The lowest BCUT2D eigenvalue weighted by molar-refractivity contribution is 0.212. The van der Waals surface area contributed by atoms with Gasteiger partial charge in [-0.25, -0.2) is 0 Å². The lowest BCUT2D eigenvalue weighted by Crippen LogP contribution is -2.38. The maximum absolute atomic E-state index is 4.19. The molecule has 0 spiro atoms. The molecule has 3 fully saturated rings. The predicted octanol–water partition coefficient (Wildman–Crippen LogP) is 11.1. The standard InChI is InChI=1S/C28H48Br4/c1-3-5-19-7-11-21(12-8-19)25(29)27(31)23-15-17-24(18-16-23)28(32)26(30)22-13-9-20(6-4-2)10-14-22/h19-28H,3-18H2,1-2H3/t19-,20-,21-,22-,23-,24-,25?,26?,27?,28?. The van der Waals surface area contributed by atoms with Gasteiger partial charge in [0.2, 0.25) is 0 Å². The SMILES string of the molecule is CCC[C@H]1CC[C@H](C(Br)C(Br)[C@H]2CC[C@H](C(Br)C(Br)[C@H]3CC[C@H](CCC)CC3)CC2)CC1. The molecule has 0 aromatic heterocycles. The van der Waals surface area contributed by atoms with E-state index in [0.717, 1.165) is 35.5 Å². The zero-order valence-electron chi connectivity index (χ0n) is 20.6. The molecule has 0 amide bonds. The number of hydrogen-bond acceptors (Lipinski definition) is 0. The van der Waals surface area contributed by atoms with Gasteiger partial charge in [0, 0.05) is 19.3 Å². The third kappa shape index (κ3) is 7.96. The quantitative estimate of drug-likeness (QED) is 0.199. The number of alkyl halides is 4. The summed E-state index contributed by atoms with van der Waals surface area (Å²) in [7, 11) is 0. The molecule has 32 heavy (non-hydrogen) atoms. The second-order valence-corrected chi connectivity index (χ2v) is 15.8. The van der Waals surface area contributed by atoms with Crippen LogP contribution in [0.1, 0.15) is 117 Å². The average Bonchev–Trinajstić information content (AvgIpc) is 2.84.